The van der Waals surface area contributed by atoms with Crippen LogP contribution in [0.5, 0.6) is 0 Å². The van der Waals surface area contributed by atoms with Crippen molar-refractivity contribution in [3.63, 3.8) is 0 Å². The number of carbonyl (C=O) groups is 1. The van der Waals surface area contributed by atoms with E-state index >= 15 is 0 Å². The number of nitrogens with zero attached hydrogens (tertiary/aromatic N) is 1. The molecule has 1 aromatic heterocycles. The molecular weight excluding hydrogens is 200 g/mol. The average Bonchev–Trinajstić information content (AvgIpc) is 2.50. The molecule has 2 rings (SSSR count). The molecule has 0 aliphatic rings. The summed E-state index contributed by atoms with van der Waals surface area (Å²) in [5, 5.41) is 1.14. The van der Waals surface area contributed by atoms with Gasteiger partial charge in [-0.1, -0.05) is 18.2 Å². The summed E-state index contributed by atoms with van der Waals surface area (Å²) in [7, 11) is 2.01. The van der Waals surface area contributed by atoms with Crippen LogP contribution in [0.1, 0.15) is 11.3 Å². The van der Waals surface area contributed by atoms with E-state index in [1.807, 2.05) is 32.2 Å². The number of hydrogen-bond donors (Lipinski definition) is 1. The van der Waals surface area contributed by atoms with Gasteiger partial charge < -0.3 is 10.3 Å². The summed E-state index contributed by atoms with van der Waals surface area (Å²) in [5.74, 6) is -0.424. The summed E-state index contributed by atoms with van der Waals surface area (Å²) in [6.45, 7) is 2.03. The Hall–Kier alpha value is -2.03. The van der Waals surface area contributed by atoms with Crippen molar-refractivity contribution in [1.82, 2.24) is 4.57 Å². The van der Waals surface area contributed by atoms with Crippen molar-refractivity contribution in [3.8, 4) is 0 Å². The Morgan fingerprint density at radius 1 is 1.38 bits per heavy atom. The summed E-state index contributed by atoms with van der Waals surface area (Å²) >= 11 is 0. The molecule has 0 fully saturated rings. The van der Waals surface area contributed by atoms with Gasteiger partial charge in [0.1, 0.15) is 0 Å². The minimum atomic E-state index is -0.424. The third kappa shape index (κ3) is 1.60. The molecule has 1 amide bonds. The zero-order valence-corrected chi connectivity index (χ0v) is 9.40. The summed E-state index contributed by atoms with van der Waals surface area (Å²) in [6.07, 6.45) is 3.18. The fourth-order valence-electron chi connectivity index (χ4n) is 1.93. The van der Waals surface area contributed by atoms with E-state index in [1.54, 1.807) is 6.08 Å². The van der Waals surface area contributed by atoms with Crippen LogP contribution < -0.4 is 5.73 Å². The molecule has 0 aliphatic heterocycles. The number of aryl methyl sites for hydroxylation is 1. The van der Waals surface area contributed by atoms with Crippen LogP contribution in [0.2, 0.25) is 0 Å². The Balaban J connectivity index is 2.69. The van der Waals surface area contributed by atoms with Gasteiger partial charge in [-0.25, -0.2) is 0 Å². The number of aromatic nitrogens is 1. The molecule has 0 saturated heterocycles. The van der Waals surface area contributed by atoms with Crippen LogP contribution in [0.15, 0.2) is 30.3 Å². The Morgan fingerprint density at radius 3 is 2.75 bits per heavy atom. The maximum absolute atomic E-state index is 10.8. The summed E-state index contributed by atoms with van der Waals surface area (Å²) in [4.78, 5) is 10.8. The highest BCUT2D eigenvalue weighted by atomic mass is 16.1. The quantitative estimate of drug-likeness (QED) is 0.763. The molecule has 16 heavy (non-hydrogen) atoms. The van der Waals surface area contributed by atoms with E-state index in [0.717, 1.165) is 22.2 Å². The number of hydrogen-bond acceptors (Lipinski definition) is 1. The molecule has 0 aliphatic carbocycles. The minimum absolute atomic E-state index is 0.424. The van der Waals surface area contributed by atoms with Crippen LogP contribution in [-0.2, 0) is 11.8 Å². The highest BCUT2D eigenvalue weighted by molar-refractivity contribution is 5.96. The lowest BCUT2D eigenvalue weighted by atomic mass is 10.1. The van der Waals surface area contributed by atoms with Crippen LogP contribution >= 0.6 is 0 Å². The van der Waals surface area contributed by atoms with Crippen molar-refractivity contribution in [3.05, 3.63) is 41.6 Å². The second kappa shape index (κ2) is 3.85. The van der Waals surface area contributed by atoms with Crippen molar-refractivity contribution in [2.24, 2.45) is 12.8 Å². The van der Waals surface area contributed by atoms with E-state index in [1.165, 1.54) is 6.08 Å². The standard InChI is InChI=1S/C13H14N2O/c1-9-10(7-8-13(14)16)11-5-3-4-6-12(11)15(9)2/h3-8H,1-2H3,(H2,14,16). The lowest BCUT2D eigenvalue weighted by molar-refractivity contribution is -0.113. The molecule has 0 saturated carbocycles. The van der Waals surface area contributed by atoms with Crippen LogP contribution in [0.4, 0.5) is 0 Å². The van der Waals surface area contributed by atoms with Crippen LogP contribution in [0.25, 0.3) is 17.0 Å². The molecule has 0 radical (unpaired) electrons. The van der Waals surface area contributed by atoms with Crippen molar-refractivity contribution >= 4 is 22.9 Å². The number of amides is 1. The highest BCUT2D eigenvalue weighted by Gasteiger charge is 2.08. The van der Waals surface area contributed by atoms with Gasteiger partial charge in [-0.05, 0) is 19.1 Å². The minimum Gasteiger partial charge on any atom is -0.366 e. The topological polar surface area (TPSA) is 48.0 Å². The van der Waals surface area contributed by atoms with Crippen LogP contribution in [0, 0.1) is 6.92 Å². The van der Waals surface area contributed by atoms with E-state index in [-0.39, 0.29) is 0 Å². The van der Waals surface area contributed by atoms with Gasteiger partial charge in [0.25, 0.3) is 0 Å². The number of primary amides is 1. The molecule has 2 aromatic rings. The van der Waals surface area contributed by atoms with Crippen LogP contribution in [0.3, 0.4) is 0 Å². The van der Waals surface area contributed by atoms with Gasteiger partial charge in [0.05, 0.1) is 0 Å². The molecule has 1 aromatic carbocycles. The SMILES string of the molecule is Cc1c(C=CC(N)=O)c2ccccc2n1C. The largest absolute Gasteiger partial charge is 0.366 e. The Kier molecular flexibility index (Phi) is 2.52. The molecule has 3 nitrogen and oxygen atoms in total. The number of fused-ring (bicyclic) bond motifs is 1. The lowest BCUT2D eigenvalue weighted by Gasteiger charge is -1.97. The maximum atomic E-state index is 10.8. The molecule has 0 bridgehead atoms. The van der Waals surface area contributed by atoms with Gasteiger partial charge in [0, 0.05) is 35.3 Å². The second-order valence-electron chi connectivity index (χ2n) is 3.81. The van der Waals surface area contributed by atoms with Crippen molar-refractivity contribution in [1.29, 1.82) is 0 Å². The first kappa shape index (κ1) is 10.5. The van der Waals surface area contributed by atoms with Crippen molar-refractivity contribution < 1.29 is 4.79 Å². The first-order valence-electron chi connectivity index (χ1n) is 5.13. The fourth-order valence-corrected chi connectivity index (χ4v) is 1.93. The Bertz CT molecular complexity index is 579. The monoisotopic (exact) mass is 214 g/mol. The van der Waals surface area contributed by atoms with Crippen molar-refractivity contribution in [2.45, 2.75) is 6.92 Å². The number of carbonyl (C=O) groups excluding carboxylic acids is 1. The molecule has 0 unspecified atom stereocenters. The molecule has 1 heterocycles. The van der Waals surface area contributed by atoms with E-state index in [2.05, 4.69) is 10.6 Å². The van der Waals surface area contributed by atoms with Gasteiger partial charge in [-0.3, -0.25) is 4.79 Å². The lowest BCUT2D eigenvalue weighted by Crippen LogP contribution is -2.05. The number of benzene rings is 1. The average molecular weight is 214 g/mol. The zero-order chi connectivity index (χ0) is 11.7. The summed E-state index contributed by atoms with van der Waals surface area (Å²) in [6, 6.07) is 8.10. The molecule has 2 N–H and O–H groups in total. The van der Waals surface area contributed by atoms with E-state index in [0.29, 0.717) is 0 Å². The first-order chi connectivity index (χ1) is 7.61. The van der Waals surface area contributed by atoms with Crippen molar-refractivity contribution in [2.75, 3.05) is 0 Å². The van der Waals surface area contributed by atoms with E-state index in [9.17, 15) is 4.79 Å². The zero-order valence-electron chi connectivity index (χ0n) is 9.40. The Labute approximate surface area is 94.2 Å². The first-order valence-corrected chi connectivity index (χ1v) is 5.13. The van der Waals surface area contributed by atoms with Gasteiger partial charge in [-0.15, -0.1) is 0 Å². The maximum Gasteiger partial charge on any atom is 0.241 e. The van der Waals surface area contributed by atoms with Gasteiger partial charge in [0.2, 0.25) is 5.91 Å². The molecule has 82 valence electrons. The van der Waals surface area contributed by atoms with Gasteiger partial charge in [0.15, 0.2) is 0 Å². The molecule has 3 heteroatoms. The highest BCUT2D eigenvalue weighted by Crippen LogP contribution is 2.25. The van der Waals surface area contributed by atoms with Crippen LogP contribution in [-0.4, -0.2) is 10.5 Å². The van der Waals surface area contributed by atoms with E-state index < -0.39 is 5.91 Å². The molecule has 0 spiro atoms. The normalized spacial score (nSPS) is 11.4. The fraction of sp³-hybridized carbons (Fsp3) is 0.154. The smallest absolute Gasteiger partial charge is 0.241 e. The third-order valence-corrected chi connectivity index (χ3v) is 2.86. The summed E-state index contributed by atoms with van der Waals surface area (Å²) in [5.41, 5.74) is 8.44. The Morgan fingerprint density at radius 2 is 2.06 bits per heavy atom. The molecular formula is C13H14N2O. The van der Waals surface area contributed by atoms with E-state index in [4.69, 9.17) is 5.73 Å². The number of nitrogens with two attached hydrogens (primary N) is 1. The second-order valence-corrected chi connectivity index (χ2v) is 3.81. The number of rotatable bonds is 2. The van der Waals surface area contributed by atoms with Gasteiger partial charge >= 0.3 is 0 Å². The predicted molar refractivity (Wildman–Crippen MR) is 65.9 cm³/mol. The number of para-hydroxylation sites is 1. The molecule has 0 atom stereocenters. The summed E-state index contributed by atoms with van der Waals surface area (Å²) < 4.78 is 2.11. The third-order valence-electron chi connectivity index (χ3n) is 2.86. The predicted octanol–water partition coefficient (Wildman–Crippen LogP) is 1.99. The van der Waals surface area contributed by atoms with Gasteiger partial charge in [-0.2, -0.15) is 0 Å².